The summed E-state index contributed by atoms with van der Waals surface area (Å²) >= 11 is 0. The number of benzene rings is 1. The van der Waals surface area contributed by atoms with Gasteiger partial charge in [0, 0.05) is 19.6 Å². The van der Waals surface area contributed by atoms with Crippen LogP contribution in [0.4, 0.5) is 0 Å². The van der Waals surface area contributed by atoms with Gasteiger partial charge in [-0.05, 0) is 31.0 Å². The third kappa shape index (κ3) is 4.45. The highest BCUT2D eigenvalue weighted by atomic mass is 15.1. The summed E-state index contributed by atoms with van der Waals surface area (Å²) in [6.45, 7) is 4.99. The molecule has 0 fully saturated rings. The molecule has 0 radical (unpaired) electrons. The largest absolute Gasteiger partial charge is 0.329 e. The fourth-order valence-electron chi connectivity index (χ4n) is 1.59. The highest BCUT2D eigenvalue weighted by Gasteiger charge is 1.98. The molecule has 2 heteroatoms. The van der Waals surface area contributed by atoms with Crippen LogP contribution in [0.1, 0.15) is 18.1 Å². The van der Waals surface area contributed by atoms with Crippen molar-refractivity contribution in [3.05, 3.63) is 35.4 Å². The topological polar surface area (TPSA) is 29.3 Å². The monoisotopic (exact) mass is 206 g/mol. The van der Waals surface area contributed by atoms with Crippen LogP contribution >= 0.6 is 0 Å². The number of rotatable bonds is 6. The summed E-state index contributed by atoms with van der Waals surface area (Å²) in [6, 6.07) is 8.90. The Kier molecular flexibility index (Phi) is 5.37. The number of hydrogen-bond donors (Lipinski definition) is 1. The van der Waals surface area contributed by atoms with E-state index in [0.29, 0.717) is 0 Å². The molecule has 1 aromatic carbocycles. The Labute approximate surface area is 93.1 Å². The van der Waals surface area contributed by atoms with Gasteiger partial charge in [0.05, 0.1) is 0 Å². The second-order valence-electron chi connectivity index (χ2n) is 4.01. The lowest BCUT2D eigenvalue weighted by Gasteiger charge is -2.15. The normalized spacial score (nSPS) is 10.9. The summed E-state index contributed by atoms with van der Waals surface area (Å²) in [5.74, 6) is 0. The number of aryl methyl sites for hydroxylation is 1. The molecule has 0 aliphatic carbocycles. The van der Waals surface area contributed by atoms with Crippen molar-refractivity contribution >= 4 is 0 Å². The molecule has 0 spiro atoms. The number of likely N-dealkylation sites (N-methyl/N-ethyl adjacent to an activating group) is 1. The Balaban J connectivity index is 2.37. The van der Waals surface area contributed by atoms with Crippen molar-refractivity contribution in [3.63, 3.8) is 0 Å². The van der Waals surface area contributed by atoms with Crippen LogP contribution in [0.15, 0.2) is 24.3 Å². The summed E-state index contributed by atoms with van der Waals surface area (Å²) in [4.78, 5) is 2.27. The SMILES string of the molecule is CCc1ccc(CCN(C)CCN)cc1. The number of hydrogen-bond acceptors (Lipinski definition) is 2. The molecule has 0 atom stereocenters. The molecule has 0 aliphatic rings. The van der Waals surface area contributed by atoms with E-state index in [2.05, 4.69) is 43.1 Å². The molecule has 2 N–H and O–H groups in total. The van der Waals surface area contributed by atoms with Crippen LogP contribution in [0, 0.1) is 0 Å². The first-order valence-corrected chi connectivity index (χ1v) is 5.72. The smallest absolute Gasteiger partial charge is 0.0102 e. The van der Waals surface area contributed by atoms with Gasteiger partial charge in [0.15, 0.2) is 0 Å². The summed E-state index contributed by atoms with van der Waals surface area (Å²) in [5, 5.41) is 0. The van der Waals surface area contributed by atoms with E-state index in [4.69, 9.17) is 5.73 Å². The molecule has 0 aromatic heterocycles. The maximum atomic E-state index is 5.49. The molecule has 0 amide bonds. The molecule has 0 saturated carbocycles. The quantitative estimate of drug-likeness (QED) is 0.767. The van der Waals surface area contributed by atoms with E-state index in [1.165, 1.54) is 11.1 Å². The van der Waals surface area contributed by atoms with Crippen molar-refractivity contribution < 1.29 is 0 Å². The lowest BCUT2D eigenvalue weighted by atomic mass is 10.1. The van der Waals surface area contributed by atoms with Crippen LogP contribution in [0.2, 0.25) is 0 Å². The van der Waals surface area contributed by atoms with Crippen LogP contribution < -0.4 is 5.73 Å². The summed E-state index contributed by atoms with van der Waals surface area (Å²) < 4.78 is 0. The molecule has 0 saturated heterocycles. The van der Waals surface area contributed by atoms with Gasteiger partial charge >= 0.3 is 0 Å². The molecular weight excluding hydrogens is 184 g/mol. The minimum absolute atomic E-state index is 0.741. The molecule has 0 bridgehead atoms. The van der Waals surface area contributed by atoms with E-state index in [0.717, 1.165) is 32.5 Å². The van der Waals surface area contributed by atoms with Crippen molar-refractivity contribution in [2.75, 3.05) is 26.7 Å². The molecule has 84 valence electrons. The van der Waals surface area contributed by atoms with Crippen LogP contribution in [0.25, 0.3) is 0 Å². The number of nitrogens with zero attached hydrogens (tertiary/aromatic N) is 1. The minimum Gasteiger partial charge on any atom is -0.329 e. The molecule has 0 aliphatic heterocycles. The highest BCUT2D eigenvalue weighted by Crippen LogP contribution is 2.06. The average Bonchev–Trinajstić information content (AvgIpc) is 2.27. The Morgan fingerprint density at radius 1 is 1.07 bits per heavy atom. The first-order valence-electron chi connectivity index (χ1n) is 5.72. The van der Waals surface area contributed by atoms with E-state index >= 15 is 0 Å². The van der Waals surface area contributed by atoms with Gasteiger partial charge in [-0.25, -0.2) is 0 Å². The number of nitrogens with two attached hydrogens (primary N) is 1. The third-order valence-electron chi connectivity index (χ3n) is 2.72. The minimum atomic E-state index is 0.741. The standard InChI is InChI=1S/C13H22N2/c1-3-12-4-6-13(7-5-12)8-10-15(2)11-9-14/h4-7H,3,8-11,14H2,1-2H3. The van der Waals surface area contributed by atoms with Crippen LogP contribution in [-0.4, -0.2) is 31.6 Å². The molecule has 1 aromatic rings. The zero-order valence-electron chi connectivity index (χ0n) is 9.87. The highest BCUT2D eigenvalue weighted by molar-refractivity contribution is 5.22. The van der Waals surface area contributed by atoms with Crippen molar-refractivity contribution in [1.82, 2.24) is 4.90 Å². The van der Waals surface area contributed by atoms with Crippen molar-refractivity contribution in [2.45, 2.75) is 19.8 Å². The maximum absolute atomic E-state index is 5.49. The maximum Gasteiger partial charge on any atom is 0.0102 e. The predicted octanol–water partition coefficient (Wildman–Crippen LogP) is 1.68. The van der Waals surface area contributed by atoms with Gasteiger partial charge in [0.25, 0.3) is 0 Å². The van der Waals surface area contributed by atoms with Gasteiger partial charge in [-0.2, -0.15) is 0 Å². The van der Waals surface area contributed by atoms with E-state index < -0.39 is 0 Å². The van der Waals surface area contributed by atoms with Gasteiger partial charge in [-0.1, -0.05) is 31.2 Å². The van der Waals surface area contributed by atoms with Gasteiger partial charge in [-0.15, -0.1) is 0 Å². The van der Waals surface area contributed by atoms with Crippen molar-refractivity contribution in [1.29, 1.82) is 0 Å². The summed E-state index contributed by atoms with van der Waals surface area (Å²) in [7, 11) is 2.12. The fourth-order valence-corrected chi connectivity index (χ4v) is 1.59. The Hall–Kier alpha value is -0.860. The fraction of sp³-hybridized carbons (Fsp3) is 0.538. The second-order valence-corrected chi connectivity index (χ2v) is 4.01. The van der Waals surface area contributed by atoms with E-state index in [-0.39, 0.29) is 0 Å². The lowest BCUT2D eigenvalue weighted by Crippen LogP contribution is -2.27. The van der Waals surface area contributed by atoms with Crippen LogP contribution in [0.3, 0.4) is 0 Å². The van der Waals surface area contributed by atoms with Crippen molar-refractivity contribution in [3.8, 4) is 0 Å². The Morgan fingerprint density at radius 2 is 1.67 bits per heavy atom. The molecule has 15 heavy (non-hydrogen) atoms. The summed E-state index contributed by atoms with van der Waals surface area (Å²) in [5.41, 5.74) is 8.32. The van der Waals surface area contributed by atoms with E-state index in [9.17, 15) is 0 Å². The van der Waals surface area contributed by atoms with Crippen molar-refractivity contribution in [2.24, 2.45) is 5.73 Å². The molecular formula is C13H22N2. The average molecular weight is 206 g/mol. The van der Waals surface area contributed by atoms with Gasteiger partial charge in [0.2, 0.25) is 0 Å². The first kappa shape index (κ1) is 12.2. The van der Waals surface area contributed by atoms with Gasteiger partial charge < -0.3 is 10.6 Å². The van der Waals surface area contributed by atoms with E-state index in [1.54, 1.807) is 0 Å². The zero-order chi connectivity index (χ0) is 11.1. The molecule has 2 nitrogen and oxygen atoms in total. The second kappa shape index (κ2) is 6.59. The molecule has 1 rings (SSSR count). The first-order chi connectivity index (χ1) is 7.26. The molecule has 0 heterocycles. The zero-order valence-corrected chi connectivity index (χ0v) is 9.87. The van der Waals surface area contributed by atoms with E-state index in [1.807, 2.05) is 0 Å². The Bertz CT molecular complexity index is 266. The lowest BCUT2D eigenvalue weighted by molar-refractivity contribution is 0.348. The molecule has 0 unspecified atom stereocenters. The Morgan fingerprint density at radius 3 is 2.20 bits per heavy atom. The van der Waals surface area contributed by atoms with Gasteiger partial charge in [-0.3, -0.25) is 0 Å². The third-order valence-corrected chi connectivity index (χ3v) is 2.72. The predicted molar refractivity (Wildman–Crippen MR) is 66.1 cm³/mol. The summed E-state index contributed by atoms with van der Waals surface area (Å²) in [6.07, 6.45) is 2.23. The van der Waals surface area contributed by atoms with Crippen LogP contribution in [0.5, 0.6) is 0 Å². The van der Waals surface area contributed by atoms with Crippen LogP contribution in [-0.2, 0) is 12.8 Å². The van der Waals surface area contributed by atoms with Gasteiger partial charge in [0.1, 0.15) is 0 Å².